The Morgan fingerprint density at radius 1 is 0.808 bits per heavy atom. The average molecular weight is 341 g/mol. The van der Waals surface area contributed by atoms with Crippen molar-refractivity contribution in [2.75, 3.05) is 5.32 Å². The minimum atomic E-state index is -0.0653. The maximum Gasteiger partial charge on any atom is 0.221 e. The normalized spacial score (nSPS) is 11.8. The van der Waals surface area contributed by atoms with Gasteiger partial charge in [-0.3, -0.25) is 4.79 Å². The summed E-state index contributed by atoms with van der Waals surface area (Å²) in [6, 6.07) is 29.1. The van der Waals surface area contributed by atoms with Crippen LogP contribution in [0, 0.1) is 0 Å². The number of benzene rings is 3. The summed E-state index contributed by atoms with van der Waals surface area (Å²) < 4.78 is 0. The van der Waals surface area contributed by atoms with Gasteiger partial charge in [0.2, 0.25) is 5.91 Å². The third-order valence-corrected chi connectivity index (χ3v) is 4.55. The fraction of sp³-hybridized carbons (Fsp3) is 0.125. The first-order chi connectivity index (χ1) is 12.7. The monoisotopic (exact) mass is 341 g/mol. The lowest BCUT2D eigenvalue weighted by atomic mass is 9.77. The summed E-state index contributed by atoms with van der Waals surface area (Å²) in [4.78, 5) is 11.2. The molecular weight excluding hydrogens is 318 g/mol. The largest absolute Gasteiger partial charge is 0.326 e. The molecular formula is C24H23NO. The number of amides is 1. The van der Waals surface area contributed by atoms with Crippen LogP contribution >= 0.6 is 0 Å². The molecule has 0 heterocycles. The van der Waals surface area contributed by atoms with Crippen LogP contribution in [0.25, 0.3) is 0 Å². The zero-order valence-corrected chi connectivity index (χ0v) is 14.9. The van der Waals surface area contributed by atoms with Crippen molar-refractivity contribution in [3.05, 3.63) is 114 Å². The third-order valence-electron chi connectivity index (χ3n) is 4.55. The van der Waals surface area contributed by atoms with Crippen molar-refractivity contribution in [3.63, 3.8) is 0 Å². The van der Waals surface area contributed by atoms with Crippen LogP contribution < -0.4 is 5.32 Å². The lowest BCUT2D eigenvalue weighted by molar-refractivity contribution is -0.114. The van der Waals surface area contributed by atoms with Gasteiger partial charge in [0.15, 0.2) is 0 Å². The molecule has 0 aliphatic carbocycles. The van der Waals surface area contributed by atoms with E-state index in [-0.39, 0.29) is 17.7 Å². The Hall–Kier alpha value is -3.13. The van der Waals surface area contributed by atoms with Gasteiger partial charge in [0.05, 0.1) is 0 Å². The molecule has 0 aliphatic heterocycles. The van der Waals surface area contributed by atoms with Crippen LogP contribution in [-0.4, -0.2) is 5.91 Å². The predicted molar refractivity (Wildman–Crippen MR) is 108 cm³/mol. The van der Waals surface area contributed by atoms with Gasteiger partial charge in [-0.15, -0.1) is 6.58 Å². The van der Waals surface area contributed by atoms with Crippen LogP contribution in [0.4, 0.5) is 5.69 Å². The summed E-state index contributed by atoms with van der Waals surface area (Å²) in [5.74, 6) is 0.247. The van der Waals surface area contributed by atoms with Crippen LogP contribution in [0.3, 0.4) is 0 Å². The van der Waals surface area contributed by atoms with Gasteiger partial charge in [0.1, 0.15) is 0 Å². The standard InChI is InChI=1S/C24H23NO/c1-3-23(19-14-16-22(17-15-19)25-18(2)26)24(20-10-6-4-7-11-20)21-12-8-5-9-13-21/h3-17,23-24H,1H2,2H3,(H,25,26)/t23-/m1/s1. The molecule has 3 aromatic carbocycles. The van der Waals surface area contributed by atoms with E-state index in [2.05, 4.69) is 72.6 Å². The minimum absolute atomic E-state index is 0.0653. The smallest absolute Gasteiger partial charge is 0.221 e. The second kappa shape index (κ2) is 8.30. The third kappa shape index (κ3) is 4.09. The van der Waals surface area contributed by atoms with E-state index < -0.39 is 0 Å². The van der Waals surface area contributed by atoms with E-state index in [0.29, 0.717) is 0 Å². The van der Waals surface area contributed by atoms with E-state index in [9.17, 15) is 4.79 Å². The average Bonchev–Trinajstić information content (AvgIpc) is 2.68. The van der Waals surface area contributed by atoms with Crippen LogP contribution in [0.5, 0.6) is 0 Å². The van der Waals surface area contributed by atoms with E-state index in [1.54, 1.807) is 0 Å². The van der Waals surface area contributed by atoms with Gasteiger partial charge < -0.3 is 5.32 Å². The maximum absolute atomic E-state index is 11.2. The Balaban J connectivity index is 2.01. The quantitative estimate of drug-likeness (QED) is 0.569. The van der Waals surface area contributed by atoms with Gasteiger partial charge in [-0.1, -0.05) is 78.9 Å². The van der Waals surface area contributed by atoms with Crippen molar-refractivity contribution in [3.8, 4) is 0 Å². The molecule has 0 aromatic heterocycles. The van der Waals surface area contributed by atoms with Crippen LogP contribution in [0.1, 0.15) is 35.4 Å². The van der Waals surface area contributed by atoms with E-state index >= 15 is 0 Å². The fourth-order valence-corrected chi connectivity index (χ4v) is 3.38. The molecule has 0 unspecified atom stereocenters. The Kier molecular flexibility index (Phi) is 5.65. The number of carbonyl (C=O) groups is 1. The first-order valence-electron chi connectivity index (χ1n) is 8.79. The number of anilines is 1. The van der Waals surface area contributed by atoms with Crippen LogP contribution in [0.15, 0.2) is 97.6 Å². The van der Waals surface area contributed by atoms with Gasteiger partial charge in [-0.25, -0.2) is 0 Å². The van der Waals surface area contributed by atoms with Gasteiger partial charge in [-0.05, 0) is 28.8 Å². The molecule has 0 radical (unpaired) electrons. The van der Waals surface area contributed by atoms with Crippen LogP contribution in [-0.2, 0) is 4.79 Å². The highest BCUT2D eigenvalue weighted by atomic mass is 16.1. The summed E-state index contributed by atoms with van der Waals surface area (Å²) in [5.41, 5.74) is 4.50. The van der Waals surface area contributed by atoms with Gasteiger partial charge >= 0.3 is 0 Å². The van der Waals surface area contributed by atoms with Crippen LogP contribution in [0.2, 0.25) is 0 Å². The summed E-state index contributed by atoms with van der Waals surface area (Å²) in [5, 5.41) is 2.82. The number of nitrogens with one attached hydrogen (secondary N) is 1. The molecule has 2 nitrogen and oxygen atoms in total. The molecule has 0 saturated heterocycles. The zero-order chi connectivity index (χ0) is 18.4. The molecule has 1 N–H and O–H groups in total. The molecule has 0 fully saturated rings. The highest BCUT2D eigenvalue weighted by Crippen LogP contribution is 2.39. The number of rotatable bonds is 6. The minimum Gasteiger partial charge on any atom is -0.326 e. The number of hydrogen-bond donors (Lipinski definition) is 1. The Labute approximate surface area is 155 Å². The Morgan fingerprint density at radius 3 is 1.73 bits per heavy atom. The molecule has 2 heteroatoms. The highest BCUT2D eigenvalue weighted by Gasteiger charge is 2.24. The molecule has 3 rings (SSSR count). The van der Waals surface area contributed by atoms with Crippen molar-refractivity contribution < 1.29 is 4.79 Å². The maximum atomic E-state index is 11.2. The van der Waals surface area contributed by atoms with E-state index in [0.717, 1.165) is 5.69 Å². The van der Waals surface area contributed by atoms with Crippen molar-refractivity contribution in [2.24, 2.45) is 0 Å². The Bertz CT molecular complexity index is 814. The first kappa shape index (κ1) is 17.7. The molecule has 130 valence electrons. The van der Waals surface area contributed by atoms with Gasteiger partial charge in [-0.2, -0.15) is 0 Å². The zero-order valence-electron chi connectivity index (χ0n) is 14.9. The van der Waals surface area contributed by atoms with Gasteiger partial charge in [0, 0.05) is 24.4 Å². The topological polar surface area (TPSA) is 29.1 Å². The van der Waals surface area contributed by atoms with Crippen molar-refractivity contribution in [2.45, 2.75) is 18.8 Å². The number of allylic oxidation sites excluding steroid dienone is 1. The molecule has 1 atom stereocenters. The Morgan fingerprint density at radius 2 is 1.31 bits per heavy atom. The second-order valence-corrected chi connectivity index (χ2v) is 6.36. The van der Waals surface area contributed by atoms with E-state index in [4.69, 9.17) is 0 Å². The highest BCUT2D eigenvalue weighted by molar-refractivity contribution is 5.88. The predicted octanol–water partition coefficient (Wildman–Crippen LogP) is 5.75. The lowest BCUT2D eigenvalue weighted by Crippen LogP contribution is -2.11. The number of hydrogen-bond acceptors (Lipinski definition) is 1. The molecule has 3 aromatic rings. The van der Waals surface area contributed by atoms with Crippen molar-refractivity contribution in [1.82, 2.24) is 0 Å². The molecule has 26 heavy (non-hydrogen) atoms. The molecule has 0 aliphatic rings. The first-order valence-corrected chi connectivity index (χ1v) is 8.79. The van der Waals surface area contributed by atoms with E-state index in [1.807, 2.05) is 30.3 Å². The summed E-state index contributed by atoms with van der Waals surface area (Å²) in [6.07, 6.45) is 2.01. The molecule has 0 spiro atoms. The SMILES string of the molecule is C=C[C@H](c1ccc(NC(C)=O)cc1)C(c1ccccc1)c1ccccc1. The van der Waals surface area contributed by atoms with Gasteiger partial charge in [0.25, 0.3) is 0 Å². The molecule has 0 bridgehead atoms. The lowest BCUT2D eigenvalue weighted by Gasteiger charge is -2.26. The number of carbonyl (C=O) groups excluding carboxylic acids is 1. The molecule has 1 amide bonds. The summed E-state index contributed by atoms with van der Waals surface area (Å²) in [7, 11) is 0. The molecule has 0 saturated carbocycles. The van der Waals surface area contributed by atoms with Crippen molar-refractivity contribution in [1.29, 1.82) is 0 Å². The summed E-state index contributed by atoms with van der Waals surface area (Å²) in [6.45, 7) is 5.63. The van der Waals surface area contributed by atoms with Crippen molar-refractivity contribution >= 4 is 11.6 Å². The second-order valence-electron chi connectivity index (χ2n) is 6.36. The van der Waals surface area contributed by atoms with E-state index in [1.165, 1.54) is 23.6 Å². The fourth-order valence-electron chi connectivity index (χ4n) is 3.38. The summed E-state index contributed by atoms with van der Waals surface area (Å²) >= 11 is 0.